The van der Waals surface area contributed by atoms with Gasteiger partial charge in [0.15, 0.2) is 0 Å². The summed E-state index contributed by atoms with van der Waals surface area (Å²) in [7, 11) is 1.37. The minimum atomic E-state index is -0.329. The van der Waals surface area contributed by atoms with Crippen LogP contribution in [0.15, 0.2) is 48.5 Å². The van der Waals surface area contributed by atoms with Crippen LogP contribution in [0.5, 0.6) is 0 Å². The van der Waals surface area contributed by atoms with Gasteiger partial charge < -0.3 is 9.47 Å². The molecule has 0 aromatic heterocycles. The van der Waals surface area contributed by atoms with Crippen LogP contribution < -0.4 is 0 Å². The fourth-order valence-electron chi connectivity index (χ4n) is 3.39. The van der Waals surface area contributed by atoms with E-state index in [1.165, 1.54) is 23.8 Å². The van der Waals surface area contributed by atoms with Gasteiger partial charge in [0.2, 0.25) is 0 Å². The summed E-state index contributed by atoms with van der Waals surface area (Å²) in [5, 5.41) is 0.757. The third-order valence-corrected chi connectivity index (χ3v) is 5.28. The van der Waals surface area contributed by atoms with Crippen molar-refractivity contribution >= 4 is 17.6 Å². The highest BCUT2D eigenvalue weighted by Gasteiger charge is 2.18. The number of carbonyl (C=O) groups is 1. The number of rotatable bonds is 8. The summed E-state index contributed by atoms with van der Waals surface area (Å²) in [5.41, 5.74) is 3.79. The summed E-state index contributed by atoms with van der Waals surface area (Å²) in [6.45, 7) is 6.40. The van der Waals surface area contributed by atoms with Gasteiger partial charge in [0.1, 0.15) is 6.61 Å². The van der Waals surface area contributed by atoms with E-state index >= 15 is 0 Å². The van der Waals surface area contributed by atoms with Crippen LogP contribution in [0.2, 0.25) is 5.02 Å². The fourth-order valence-corrected chi connectivity index (χ4v) is 3.52. The topological polar surface area (TPSA) is 42.0 Å². The smallest absolute Gasteiger partial charge is 0.331 e. The quantitative estimate of drug-likeness (QED) is 0.500. The number of ether oxygens (including phenoxy) is 2. The van der Waals surface area contributed by atoms with Gasteiger partial charge in [-0.05, 0) is 28.8 Å². The second-order valence-corrected chi connectivity index (χ2v) is 7.35. The molecule has 1 fully saturated rings. The first-order valence-electron chi connectivity index (χ1n) is 9.59. The second-order valence-electron chi connectivity index (χ2n) is 6.91. The third-order valence-electron chi connectivity index (χ3n) is 5.03. The summed E-state index contributed by atoms with van der Waals surface area (Å²) in [5.74, 6) is -0.329. The highest BCUT2D eigenvalue weighted by molar-refractivity contribution is 6.30. The summed E-state index contributed by atoms with van der Waals surface area (Å²) < 4.78 is 9.91. The molecule has 0 atom stereocenters. The molecule has 0 saturated carbocycles. The zero-order chi connectivity index (χ0) is 19.8. The van der Waals surface area contributed by atoms with Gasteiger partial charge in [-0.1, -0.05) is 48.0 Å². The van der Waals surface area contributed by atoms with E-state index in [0.29, 0.717) is 6.61 Å². The van der Waals surface area contributed by atoms with Gasteiger partial charge in [-0.15, -0.1) is 0 Å². The van der Waals surface area contributed by atoms with Crippen LogP contribution in [0.25, 0.3) is 11.1 Å². The van der Waals surface area contributed by atoms with Gasteiger partial charge >= 0.3 is 5.97 Å². The van der Waals surface area contributed by atoms with Crippen molar-refractivity contribution in [3.8, 4) is 11.1 Å². The maximum absolute atomic E-state index is 11.1. The molecule has 3 rings (SSSR count). The molecule has 0 spiro atoms. The molecule has 0 aliphatic carbocycles. The predicted octanol–water partition coefficient (Wildman–Crippen LogP) is 3.31. The lowest BCUT2D eigenvalue weighted by Gasteiger charge is -2.35. The van der Waals surface area contributed by atoms with E-state index in [2.05, 4.69) is 50.9 Å². The number of benzene rings is 2. The molecule has 28 heavy (non-hydrogen) atoms. The van der Waals surface area contributed by atoms with Crippen LogP contribution in [-0.2, 0) is 20.8 Å². The number of methoxy groups -OCH3 is 1. The maximum Gasteiger partial charge on any atom is 0.331 e. The Balaban J connectivity index is 1.49. The Kier molecular flexibility index (Phi) is 7.86. The molecule has 1 aliphatic heterocycles. The monoisotopic (exact) mass is 402 g/mol. The second kappa shape index (κ2) is 10.6. The fraction of sp³-hybridized carbons (Fsp3) is 0.409. The predicted molar refractivity (Wildman–Crippen MR) is 111 cm³/mol. The number of nitrogens with zero attached hydrogens (tertiary/aromatic N) is 2. The Morgan fingerprint density at radius 1 is 1.00 bits per heavy atom. The molecule has 5 nitrogen and oxygen atoms in total. The number of esters is 1. The number of hydrogen-bond acceptors (Lipinski definition) is 5. The Morgan fingerprint density at radius 3 is 2.39 bits per heavy atom. The van der Waals surface area contributed by atoms with Gasteiger partial charge in [0, 0.05) is 44.3 Å². The summed E-state index contributed by atoms with van der Waals surface area (Å²) >= 11 is 6.03. The number of halogens is 1. The lowest BCUT2D eigenvalue weighted by molar-refractivity contribution is -0.146. The first-order chi connectivity index (χ1) is 13.7. The average Bonchev–Trinajstić information content (AvgIpc) is 2.73. The molecular formula is C22H27ClN2O3. The molecule has 1 saturated heterocycles. The molecule has 150 valence electrons. The highest BCUT2D eigenvalue weighted by atomic mass is 35.5. The van der Waals surface area contributed by atoms with Crippen molar-refractivity contribution in [3.05, 3.63) is 59.1 Å². The molecule has 0 bridgehead atoms. The largest absolute Gasteiger partial charge is 0.467 e. The molecule has 0 N–H and O–H groups in total. The number of hydrogen-bond donors (Lipinski definition) is 0. The third kappa shape index (κ3) is 6.04. The Hall–Kier alpha value is -1.92. The minimum Gasteiger partial charge on any atom is -0.467 e. The van der Waals surface area contributed by atoms with E-state index < -0.39 is 0 Å². The maximum atomic E-state index is 11.1. The van der Waals surface area contributed by atoms with Crippen molar-refractivity contribution < 1.29 is 14.3 Å². The highest BCUT2D eigenvalue weighted by Crippen LogP contribution is 2.26. The van der Waals surface area contributed by atoms with Crippen LogP contribution >= 0.6 is 11.6 Å². The first kappa shape index (κ1) is 20.8. The van der Waals surface area contributed by atoms with E-state index in [1.54, 1.807) is 0 Å². The minimum absolute atomic E-state index is 0.0257. The molecule has 1 aliphatic rings. The van der Waals surface area contributed by atoms with Crippen molar-refractivity contribution in [2.24, 2.45) is 0 Å². The lowest BCUT2D eigenvalue weighted by Crippen LogP contribution is -2.46. The van der Waals surface area contributed by atoms with Gasteiger partial charge in [0.25, 0.3) is 0 Å². The SMILES string of the molecule is COC(=O)COCCN1CCN(Cc2ccccc2-c2ccc(Cl)cc2)CC1. The van der Waals surface area contributed by atoms with E-state index in [9.17, 15) is 4.79 Å². The first-order valence-corrected chi connectivity index (χ1v) is 9.96. The van der Waals surface area contributed by atoms with Crippen molar-refractivity contribution in [1.82, 2.24) is 9.80 Å². The molecule has 0 radical (unpaired) electrons. The lowest BCUT2D eigenvalue weighted by atomic mass is 9.99. The Bertz CT molecular complexity index is 759. The van der Waals surface area contributed by atoms with Gasteiger partial charge in [-0.2, -0.15) is 0 Å². The number of carbonyl (C=O) groups excluding carboxylic acids is 1. The van der Waals surface area contributed by atoms with Gasteiger partial charge in [-0.3, -0.25) is 9.80 Å². The van der Waals surface area contributed by atoms with Crippen LogP contribution in [0, 0.1) is 0 Å². The summed E-state index contributed by atoms with van der Waals surface area (Å²) in [4.78, 5) is 15.9. The summed E-state index contributed by atoms with van der Waals surface area (Å²) in [6.07, 6.45) is 0. The standard InChI is InChI=1S/C22H27ClN2O3/c1-27-22(26)17-28-15-14-24-10-12-25(13-11-24)16-19-4-2-3-5-21(19)18-6-8-20(23)9-7-18/h2-9H,10-17H2,1H3. The van der Waals surface area contributed by atoms with Crippen LogP contribution in [0.4, 0.5) is 0 Å². The van der Waals surface area contributed by atoms with E-state index in [4.69, 9.17) is 16.3 Å². The normalized spacial score (nSPS) is 15.5. The van der Waals surface area contributed by atoms with Crippen LogP contribution in [-0.4, -0.2) is 68.8 Å². The van der Waals surface area contributed by atoms with E-state index in [1.807, 2.05) is 12.1 Å². The number of piperazine rings is 1. The molecule has 0 amide bonds. The van der Waals surface area contributed by atoms with Crippen molar-refractivity contribution in [2.75, 3.05) is 53.0 Å². The Labute approximate surface area is 171 Å². The van der Waals surface area contributed by atoms with E-state index in [0.717, 1.165) is 44.3 Å². The van der Waals surface area contributed by atoms with Crippen molar-refractivity contribution in [1.29, 1.82) is 0 Å². The zero-order valence-electron chi connectivity index (χ0n) is 16.3. The van der Waals surface area contributed by atoms with Crippen LogP contribution in [0.1, 0.15) is 5.56 Å². The molecule has 6 heteroatoms. The molecule has 2 aromatic rings. The average molecular weight is 403 g/mol. The molecule has 0 unspecified atom stereocenters. The van der Waals surface area contributed by atoms with Crippen molar-refractivity contribution in [2.45, 2.75) is 6.54 Å². The van der Waals surface area contributed by atoms with Crippen molar-refractivity contribution in [3.63, 3.8) is 0 Å². The zero-order valence-corrected chi connectivity index (χ0v) is 17.0. The van der Waals surface area contributed by atoms with Crippen LogP contribution in [0.3, 0.4) is 0 Å². The Morgan fingerprint density at radius 2 is 1.68 bits per heavy atom. The molecular weight excluding hydrogens is 376 g/mol. The van der Waals surface area contributed by atoms with E-state index in [-0.39, 0.29) is 12.6 Å². The molecule has 2 aromatic carbocycles. The summed E-state index contributed by atoms with van der Waals surface area (Å²) in [6, 6.07) is 16.6. The van der Waals surface area contributed by atoms with Gasteiger partial charge in [-0.25, -0.2) is 4.79 Å². The van der Waals surface area contributed by atoms with Gasteiger partial charge in [0.05, 0.1) is 13.7 Å². The molecule has 1 heterocycles.